The van der Waals surface area contributed by atoms with E-state index in [1.54, 1.807) is 18.3 Å². The van der Waals surface area contributed by atoms with E-state index >= 15 is 0 Å². The van der Waals surface area contributed by atoms with Crippen molar-refractivity contribution in [1.29, 1.82) is 0 Å². The number of aromatic nitrogens is 1. The lowest BCUT2D eigenvalue weighted by molar-refractivity contribution is 0.589. The van der Waals surface area contributed by atoms with Crippen molar-refractivity contribution >= 4 is 9.84 Å². The van der Waals surface area contributed by atoms with Crippen LogP contribution in [0.3, 0.4) is 0 Å². The first-order valence-corrected chi connectivity index (χ1v) is 5.70. The second kappa shape index (κ2) is 2.62. The van der Waals surface area contributed by atoms with E-state index in [9.17, 15) is 8.42 Å². The third-order valence-electron chi connectivity index (χ3n) is 2.06. The van der Waals surface area contributed by atoms with Crippen LogP contribution in [-0.4, -0.2) is 19.2 Å². The summed E-state index contributed by atoms with van der Waals surface area (Å²) < 4.78 is 23.0. The minimum absolute atomic E-state index is 0.313. The fraction of sp³-hybridized carbons (Fsp3) is 0.500. The fourth-order valence-electron chi connectivity index (χ4n) is 1.19. The largest absolute Gasteiger partial charge is 0.352 e. The van der Waals surface area contributed by atoms with Crippen LogP contribution < -0.4 is 0 Å². The maximum absolute atomic E-state index is 11.5. The average Bonchev–Trinajstić information content (AvgIpc) is 2.67. The Morgan fingerprint density at radius 1 is 1.50 bits per heavy atom. The second-order valence-corrected chi connectivity index (χ2v) is 5.26. The second-order valence-electron chi connectivity index (χ2n) is 3.26. The van der Waals surface area contributed by atoms with Crippen LogP contribution >= 0.6 is 0 Å². The van der Waals surface area contributed by atoms with E-state index in [2.05, 4.69) is 4.98 Å². The van der Waals surface area contributed by atoms with Crippen molar-refractivity contribution in [3.8, 4) is 0 Å². The van der Waals surface area contributed by atoms with Crippen LogP contribution in [0.5, 0.6) is 0 Å². The van der Waals surface area contributed by atoms with Crippen LogP contribution in [0, 0.1) is 5.92 Å². The van der Waals surface area contributed by atoms with Crippen LogP contribution in [-0.2, 0) is 9.84 Å². The van der Waals surface area contributed by atoms with Crippen LogP contribution in [0.2, 0.25) is 0 Å². The maximum atomic E-state index is 11.5. The van der Waals surface area contributed by atoms with E-state index in [4.69, 9.17) is 0 Å². The fourth-order valence-corrected chi connectivity index (χ4v) is 2.86. The van der Waals surface area contributed by atoms with Crippen molar-refractivity contribution < 1.29 is 8.42 Å². The molecule has 2 rings (SSSR count). The van der Waals surface area contributed by atoms with Crippen LogP contribution in [0.25, 0.3) is 0 Å². The molecule has 1 heterocycles. The zero-order chi connectivity index (χ0) is 8.60. The number of H-pyrrole nitrogens is 1. The van der Waals surface area contributed by atoms with Gasteiger partial charge in [0.2, 0.25) is 0 Å². The Hall–Kier alpha value is -0.770. The summed E-state index contributed by atoms with van der Waals surface area (Å²) in [6, 6.07) is 3.32. The number of sulfone groups is 1. The number of rotatable bonds is 3. The molecule has 0 amide bonds. The molecule has 1 saturated carbocycles. The molecule has 0 aromatic carbocycles. The van der Waals surface area contributed by atoms with E-state index < -0.39 is 9.84 Å². The van der Waals surface area contributed by atoms with Gasteiger partial charge in [0.15, 0.2) is 9.84 Å². The van der Waals surface area contributed by atoms with Gasteiger partial charge in [-0.3, -0.25) is 0 Å². The first kappa shape index (κ1) is 7.86. The molecule has 1 aromatic heterocycles. The molecule has 1 N–H and O–H groups in total. The maximum Gasteiger partial charge on any atom is 0.193 e. The van der Waals surface area contributed by atoms with E-state index in [1.807, 2.05) is 0 Å². The standard InChI is InChI=1S/C8H11NO2S/c10-12(11,6-7-3-4-7)8-2-1-5-9-8/h1-2,5,7,9H,3-4,6H2. The highest BCUT2D eigenvalue weighted by molar-refractivity contribution is 7.91. The summed E-state index contributed by atoms with van der Waals surface area (Å²) in [5.41, 5.74) is 0. The Morgan fingerprint density at radius 3 is 2.75 bits per heavy atom. The van der Waals surface area contributed by atoms with Gasteiger partial charge >= 0.3 is 0 Å². The third-order valence-corrected chi connectivity index (χ3v) is 3.89. The molecule has 0 saturated heterocycles. The SMILES string of the molecule is O=S(=O)(CC1CC1)c1ccc[nH]1. The van der Waals surface area contributed by atoms with Gasteiger partial charge < -0.3 is 4.98 Å². The molecule has 1 aromatic rings. The monoisotopic (exact) mass is 185 g/mol. The highest BCUT2D eigenvalue weighted by Gasteiger charge is 2.29. The molecular weight excluding hydrogens is 174 g/mol. The molecule has 66 valence electrons. The van der Waals surface area contributed by atoms with Crippen molar-refractivity contribution in [1.82, 2.24) is 4.98 Å². The van der Waals surface area contributed by atoms with E-state index in [0.717, 1.165) is 12.8 Å². The van der Waals surface area contributed by atoms with Gasteiger partial charge in [-0.25, -0.2) is 8.42 Å². The van der Waals surface area contributed by atoms with Crippen LogP contribution in [0.15, 0.2) is 23.4 Å². The van der Waals surface area contributed by atoms with Gasteiger partial charge in [0.1, 0.15) is 5.03 Å². The molecule has 3 nitrogen and oxygen atoms in total. The van der Waals surface area contributed by atoms with Crippen molar-refractivity contribution in [3.05, 3.63) is 18.3 Å². The van der Waals surface area contributed by atoms with Gasteiger partial charge in [-0.15, -0.1) is 0 Å². The molecule has 1 fully saturated rings. The lowest BCUT2D eigenvalue weighted by Crippen LogP contribution is -2.08. The predicted molar refractivity (Wildman–Crippen MR) is 45.6 cm³/mol. The quantitative estimate of drug-likeness (QED) is 0.769. The summed E-state index contributed by atoms with van der Waals surface area (Å²) in [5, 5.41) is 0.356. The van der Waals surface area contributed by atoms with Crippen molar-refractivity contribution in [2.45, 2.75) is 17.9 Å². The Balaban J connectivity index is 2.20. The van der Waals surface area contributed by atoms with Gasteiger partial charge in [-0.2, -0.15) is 0 Å². The summed E-state index contributed by atoms with van der Waals surface area (Å²) in [4.78, 5) is 2.72. The lowest BCUT2D eigenvalue weighted by Gasteiger charge is -1.98. The van der Waals surface area contributed by atoms with Crippen molar-refractivity contribution in [2.75, 3.05) is 5.75 Å². The first-order chi connectivity index (χ1) is 5.68. The summed E-state index contributed by atoms with van der Waals surface area (Å²) in [7, 11) is -3.01. The van der Waals surface area contributed by atoms with E-state index in [-0.39, 0.29) is 0 Å². The normalized spacial score (nSPS) is 18.0. The molecule has 0 bridgehead atoms. The zero-order valence-corrected chi connectivity index (χ0v) is 7.47. The van der Waals surface area contributed by atoms with Gasteiger partial charge in [0.05, 0.1) is 5.75 Å². The van der Waals surface area contributed by atoms with Crippen LogP contribution in [0.1, 0.15) is 12.8 Å². The van der Waals surface area contributed by atoms with E-state index in [0.29, 0.717) is 16.7 Å². The highest BCUT2D eigenvalue weighted by atomic mass is 32.2. The van der Waals surface area contributed by atoms with E-state index in [1.165, 1.54) is 0 Å². The molecule has 0 spiro atoms. The molecule has 0 unspecified atom stereocenters. The molecular formula is C8H11NO2S. The summed E-state index contributed by atoms with van der Waals surface area (Å²) in [6.07, 6.45) is 3.78. The minimum atomic E-state index is -3.01. The lowest BCUT2D eigenvalue weighted by atomic mass is 10.5. The van der Waals surface area contributed by atoms with Gasteiger partial charge in [0, 0.05) is 6.20 Å². The van der Waals surface area contributed by atoms with Gasteiger partial charge in [-0.05, 0) is 30.9 Å². The molecule has 0 aliphatic heterocycles. The number of nitrogens with one attached hydrogen (secondary N) is 1. The first-order valence-electron chi connectivity index (χ1n) is 4.04. The topological polar surface area (TPSA) is 49.9 Å². The van der Waals surface area contributed by atoms with Crippen molar-refractivity contribution in [2.24, 2.45) is 5.92 Å². The number of aromatic amines is 1. The molecule has 1 aliphatic carbocycles. The third kappa shape index (κ3) is 1.53. The molecule has 0 atom stereocenters. The molecule has 0 radical (unpaired) electrons. The van der Waals surface area contributed by atoms with Gasteiger partial charge in [-0.1, -0.05) is 0 Å². The Kier molecular flexibility index (Phi) is 1.72. The molecule has 12 heavy (non-hydrogen) atoms. The predicted octanol–water partition coefficient (Wildman–Crippen LogP) is 1.20. The Labute approximate surface area is 71.7 Å². The number of hydrogen-bond acceptors (Lipinski definition) is 2. The van der Waals surface area contributed by atoms with Crippen molar-refractivity contribution in [3.63, 3.8) is 0 Å². The van der Waals surface area contributed by atoms with Crippen LogP contribution in [0.4, 0.5) is 0 Å². The summed E-state index contributed by atoms with van der Waals surface area (Å²) in [5.74, 6) is 0.728. The number of hydrogen-bond donors (Lipinski definition) is 1. The zero-order valence-electron chi connectivity index (χ0n) is 6.66. The summed E-state index contributed by atoms with van der Waals surface area (Å²) >= 11 is 0. The highest BCUT2D eigenvalue weighted by Crippen LogP contribution is 2.31. The van der Waals surface area contributed by atoms with Gasteiger partial charge in [0.25, 0.3) is 0 Å². The average molecular weight is 185 g/mol. The Bertz CT molecular complexity index is 348. The summed E-state index contributed by atoms with van der Waals surface area (Å²) in [6.45, 7) is 0. The Morgan fingerprint density at radius 2 is 2.25 bits per heavy atom. The molecule has 1 aliphatic rings. The minimum Gasteiger partial charge on any atom is -0.352 e. The molecule has 4 heteroatoms. The smallest absolute Gasteiger partial charge is 0.193 e.